The molecule has 0 spiro atoms. The summed E-state index contributed by atoms with van der Waals surface area (Å²) in [6.45, 7) is 9.19. The van der Waals surface area contributed by atoms with E-state index in [1.54, 1.807) is 10.9 Å². The van der Waals surface area contributed by atoms with Crippen molar-refractivity contribution in [1.82, 2.24) is 30.7 Å². The largest absolute Gasteiger partial charge is 0.490 e. The Kier molecular flexibility index (Phi) is 6.89. The van der Waals surface area contributed by atoms with Crippen molar-refractivity contribution in [3.63, 3.8) is 0 Å². The number of nitrogens with one attached hydrogen (secondary N) is 3. The van der Waals surface area contributed by atoms with Crippen LogP contribution in [-0.4, -0.2) is 64.3 Å². The number of benzene rings is 1. The number of carbonyl (C=O) groups is 3. The molecular weight excluding hydrogens is 506 g/mol. The van der Waals surface area contributed by atoms with E-state index in [-0.39, 0.29) is 29.8 Å². The molecule has 4 heterocycles. The van der Waals surface area contributed by atoms with Gasteiger partial charge in [-0.25, -0.2) is 4.98 Å². The van der Waals surface area contributed by atoms with Gasteiger partial charge in [0, 0.05) is 36.8 Å². The third-order valence-corrected chi connectivity index (χ3v) is 7.33. The zero-order valence-electron chi connectivity index (χ0n) is 21.2. The first kappa shape index (κ1) is 25.5. The summed E-state index contributed by atoms with van der Waals surface area (Å²) in [4.78, 5) is 43.6. The van der Waals surface area contributed by atoms with Crippen molar-refractivity contribution >= 4 is 39.9 Å². The van der Waals surface area contributed by atoms with Gasteiger partial charge in [0.15, 0.2) is 5.13 Å². The van der Waals surface area contributed by atoms with Gasteiger partial charge in [-0.05, 0) is 37.6 Å². The molecule has 1 aromatic carbocycles. The summed E-state index contributed by atoms with van der Waals surface area (Å²) in [5.41, 5.74) is 3.13. The van der Waals surface area contributed by atoms with Gasteiger partial charge in [0.05, 0.1) is 24.1 Å². The van der Waals surface area contributed by atoms with Gasteiger partial charge in [0.25, 0.3) is 5.91 Å². The predicted octanol–water partition coefficient (Wildman–Crippen LogP) is 2.02. The topological polar surface area (TPSA) is 130 Å². The Bertz CT molecular complexity index is 1410. The molecule has 0 saturated carbocycles. The monoisotopic (exact) mass is 535 g/mol. The molecule has 0 bridgehead atoms. The van der Waals surface area contributed by atoms with E-state index in [1.165, 1.54) is 17.4 Å². The number of nitrogens with zero attached hydrogens (tertiary/aromatic N) is 4. The molecule has 2 aromatic heterocycles. The highest BCUT2D eigenvalue weighted by atomic mass is 32.1. The molecule has 12 heteroatoms. The molecule has 0 fully saturated rings. The van der Waals surface area contributed by atoms with Gasteiger partial charge >= 0.3 is 0 Å². The van der Waals surface area contributed by atoms with Gasteiger partial charge < -0.3 is 25.6 Å². The second kappa shape index (κ2) is 10.3. The minimum atomic E-state index is -0.329. The lowest BCUT2D eigenvalue weighted by atomic mass is 9.94. The van der Waals surface area contributed by atoms with E-state index in [0.717, 1.165) is 33.4 Å². The van der Waals surface area contributed by atoms with E-state index in [2.05, 4.69) is 32.5 Å². The van der Waals surface area contributed by atoms with Crippen molar-refractivity contribution in [2.45, 2.75) is 32.4 Å². The minimum Gasteiger partial charge on any atom is -0.490 e. The predicted molar refractivity (Wildman–Crippen MR) is 144 cm³/mol. The maximum absolute atomic E-state index is 12.6. The Morgan fingerprint density at radius 2 is 2.08 bits per heavy atom. The van der Waals surface area contributed by atoms with Crippen molar-refractivity contribution in [2.75, 3.05) is 31.1 Å². The van der Waals surface area contributed by atoms with Crippen molar-refractivity contribution in [2.24, 2.45) is 0 Å². The van der Waals surface area contributed by atoms with Gasteiger partial charge in [0.2, 0.25) is 11.8 Å². The number of aromatic nitrogens is 3. The first-order valence-corrected chi connectivity index (χ1v) is 13.1. The number of hydrogen-bond donors (Lipinski definition) is 3. The van der Waals surface area contributed by atoms with Gasteiger partial charge in [-0.3, -0.25) is 19.1 Å². The van der Waals surface area contributed by atoms with Crippen molar-refractivity contribution in [3.05, 3.63) is 53.8 Å². The quantitative estimate of drug-likeness (QED) is 0.297. The highest BCUT2D eigenvalue weighted by Crippen LogP contribution is 2.42. The fraction of sp³-hybridized carbons (Fsp3) is 0.346. The van der Waals surface area contributed by atoms with E-state index < -0.39 is 0 Å². The molecule has 2 aliphatic rings. The van der Waals surface area contributed by atoms with Crippen molar-refractivity contribution in [1.29, 1.82) is 0 Å². The maximum Gasteiger partial charge on any atom is 0.263 e. The first-order valence-electron chi connectivity index (χ1n) is 12.3. The molecule has 0 radical (unpaired) electrons. The molecule has 5 rings (SSSR count). The number of carbonyl (C=O) groups excluding carboxylic acids is 3. The lowest BCUT2D eigenvalue weighted by Gasteiger charge is -2.29. The lowest BCUT2D eigenvalue weighted by Crippen LogP contribution is -2.48. The molecule has 3 aromatic rings. The second-order valence-electron chi connectivity index (χ2n) is 9.74. The molecule has 3 N–H and O–H groups in total. The van der Waals surface area contributed by atoms with Crippen LogP contribution >= 0.6 is 11.3 Å². The summed E-state index contributed by atoms with van der Waals surface area (Å²) in [7, 11) is 0. The zero-order chi connectivity index (χ0) is 26.9. The normalized spacial score (nSPS) is 15.5. The van der Waals surface area contributed by atoms with Crippen LogP contribution in [-0.2, 0) is 22.6 Å². The molecule has 3 amide bonds. The highest BCUT2D eigenvalue weighted by Gasteiger charge is 2.34. The smallest absolute Gasteiger partial charge is 0.263 e. The summed E-state index contributed by atoms with van der Waals surface area (Å²) in [6, 6.07) is 5.89. The van der Waals surface area contributed by atoms with Crippen molar-refractivity contribution < 1.29 is 19.1 Å². The SMILES string of the molecule is C=CC(=O)NCCNC(=O)Cn1cc(-c2ccc3c(c2)N(c2nc4c(s2)C(=O)NC(C)(C)C4)CCO3)cn1. The Morgan fingerprint density at radius 3 is 2.89 bits per heavy atom. The number of ether oxygens (including phenoxy) is 1. The first-order chi connectivity index (χ1) is 18.2. The standard InChI is InChI=1S/C26H29N7O4S/c1-4-21(34)27-7-8-28-22(35)15-32-14-17(13-29-32)16-5-6-20-19(11-16)33(9-10-37-20)25-30-18-12-26(2,3)31-24(36)23(18)38-25/h4-6,11,13-14H,1,7-10,12,15H2,2-3H3,(H,27,34)(H,28,35)(H,31,36). The molecule has 0 aliphatic carbocycles. The van der Waals surface area contributed by atoms with Crippen LogP contribution in [0.1, 0.15) is 29.2 Å². The minimum absolute atomic E-state index is 0.0542. The molecule has 198 valence electrons. The van der Waals surface area contributed by atoms with Crippen LogP contribution < -0.4 is 25.6 Å². The molecule has 2 aliphatic heterocycles. The summed E-state index contributed by atoms with van der Waals surface area (Å²) in [5.74, 6) is 0.167. The second-order valence-corrected chi connectivity index (χ2v) is 10.7. The van der Waals surface area contributed by atoms with E-state index >= 15 is 0 Å². The fourth-order valence-corrected chi connectivity index (χ4v) is 5.45. The van der Waals surface area contributed by atoms with Crippen LogP contribution in [0.3, 0.4) is 0 Å². The number of rotatable bonds is 8. The summed E-state index contributed by atoms with van der Waals surface area (Å²) in [6.07, 6.45) is 5.38. The third kappa shape index (κ3) is 5.40. The van der Waals surface area contributed by atoms with Crippen LogP contribution in [0.5, 0.6) is 5.75 Å². The highest BCUT2D eigenvalue weighted by molar-refractivity contribution is 7.17. The van der Waals surface area contributed by atoms with Crippen LogP contribution in [0.15, 0.2) is 43.2 Å². The Morgan fingerprint density at radius 1 is 1.26 bits per heavy atom. The van der Waals surface area contributed by atoms with Crippen LogP contribution in [0.2, 0.25) is 0 Å². The zero-order valence-corrected chi connectivity index (χ0v) is 22.1. The number of anilines is 2. The molecular formula is C26H29N7O4S. The average molecular weight is 536 g/mol. The Labute approximate surface area is 223 Å². The summed E-state index contributed by atoms with van der Waals surface area (Å²) < 4.78 is 7.46. The van der Waals surface area contributed by atoms with E-state index in [9.17, 15) is 14.4 Å². The number of amides is 3. The molecule has 0 unspecified atom stereocenters. The molecule has 0 saturated heterocycles. The van der Waals surface area contributed by atoms with Gasteiger partial charge in [-0.2, -0.15) is 5.10 Å². The molecule has 38 heavy (non-hydrogen) atoms. The van der Waals surface area contributed by atoms with E-state index in [1.807, 2.05) is 38.2 Å². The van der Waals surface area contributed by atoms with Gasteiger partial charge in [-0.15, -0.1) is 0 Å². The number of thiazole rings is 1. The lowest BCUT2D eigenvalue weighted by molar-refractivity contribution is -0.122. The van der Waals surface area contributed by atoms with Gasteiger partial charge in [0.1, 0.15) is 23.8 Å². The Balaban J connectivity index is 1.30. The van der Waals surface area contributed by atoms with Crippen LogP contribution in [0.4, 0.5) is 10.8 Å². The molecule has 0 atom stereocenters. The van der Waals surface area contributed by atoms with Crippen LogP contribution in [0, 0.1) is 0 Å². The molecule has 11 nitrogen and oxygen atoms in total. The van der Waals surface area contributed by atoms with Gasteiger partial charge in [-0.1, -0.05) is 24.0 Å². The maximum atomic E-state index is 12.6. The van der Waals surface area contributed by atoms with E-state index in [4.69, 9.17) is 9.72 Å². The Hall–Kier alpha value is -4.19. The number of hydrogen-bond acceptors (Lipinski definition) is 8. The fourth-order valence-electron chi connectivity index (χ4n) is 4.44. The summed E-state index contributed by atoms with van der Waals surface area (Å²) >= 11 is 1.40. The third-order valence-electron chi connectivity index (χ3n) is 6.21. The summed E-state index contributed by atoms with van der Waals surface area (Å²) in [5, 5.41) is 13.5. The van der Waals surface area contributed by atoms with Crippen LogP contribution in [0.25, 0.3) is 11.1 Å². The number of fused-ring (bicyclic) bond motifs is 2. The van der Waals surface area contributed by atoms with Crippen molar-refractivity contribution in [3.8, 4) is 16.9 Å². The average Bonchev–Trinajstić information content (AvgIpc) is 3.52. The van der Waals surface area contributed by atoms with E-state index in [0.29, 0.717) is 37.5 Å².